The summed E-state index contributed by atoms with van der Waals surface area (Å²) >= 11 is 1.31. The Labute approximate surface area is 132 Å². The monoisotopic (exact) mass is 319 g/mol. The van der Waals surface area contributed by atoms with E-state index in [1.54, 1.807) is 19.9 Å². The van der Waals surface area contributed by atoms with Gasteiger partial charge in [0.15, 0.2) is 0 Å². The van der Waals surface area contributed by atoms with E-state index < -0.39 is 12.1 Å². The largest absolute Gasteiger partial charge is 0.462 e. The zero-order valence-corrected chi connectivity index (χ0v) is 13.2. The summed E-state index contributed by atoms with van der Waals surface area (Å²) in [5.74, 6) is -0.465. The molecule has 5 nitrogen and oxygen atoms in total. The van der Waals surface area contributed by atoms with Crippen LogP contribution in [0.4, 0.5) is 9.80 Å². The van der Waals surface area contributed by atoms with Crippen LogP contribution in [0.3, 0.4) is 0 Å². The highest BCUT2D eigenvalue weighted by atomic mass is 32.1. The molecule has 0 aliphatic carbocycles. The minimum Gasteiger partial charge on any atom is -0.462 e. The van der Waals surface area contributed by atoms with Crippen molar-refractivity contribution in [1.82, 2.24) is 0 Å². The van der Waals surface area contributed by atoms with E-state index in [9.17, 15) is 9.59 Å². The Hall–Kier alpha value is -2.34. The standard InChI is InChI=1S/C16H17NO4S/c1-3-20-15(18)12-10-13(11-8-6-5-7-9-11)22-14(12)17-16(19)21-4-2/h5-10H,3-4H2,1-2H3,(H,17,19). The predicted octanol–water partition coefficient (Wildman–Crippen LogP) is 4.16. The van der Waals surface area contributed by atoms with Crippen molar-refractivity contribution < 1.29 is 19.1 Å². The minimum absolute atomic E-state index is 0.261. The van der Waals surface area contributed by atoms with Crippen LogP contribution in [0.2, 0.25) is 0 Å². The van der Waals surface area contributed by atoms with Crippen LogP contribution in [0.15, 0.2) is 36.4 Å². The molecule has 0 aliphatic rings. The molecule has 1 N–H and O–H groups in total. The smallest absolute Gasteiger partial charge is 0.412 e. The third kappa shape index (κ3) is 3.85. The Kier molecular flexibility index (Phi) is 5.55. The molecule has 1 heterocycles. The second-order valence-electron chi connectivity index (χ2n) is 4.29. The quantitative estimate of drug-likeness (QED) is 0.840. The maximum Gasteiger partial charge on any atom is 0.412 e. The summed E-state index contributed by atoms with van der Waals surface area (Å²) in [5.41, 5.74) is 1.30. The van der Waals surface area contributed by atoms with Crippen molar-refractivity contribution in [3.63, 3.8) is 0 Å². The van der Waals surface area contributed by atoms with Gasteiger partial charge in [-0.3, -0.25) is 5.32 Å². The van der Waals surface area contributed by atoms with Gasteiger partial charge in [-0.2, -0.15) is 0 Å². The molecule has 0 fully saturated rings. The highest BCUT2D eigenvalue weighted by Gasteiger charge is 2.20. The fourth-order valence-corrected chi connectivity index (χ4v) is 2.89. The van der Waals surface area contributed by atoms with Crippen molar-refractivity contribution in [3.8, 4) is 10.4 Å². The Morgan fingerprint density at radius 2 is 1.77 bits per heavy atom. The normalized spacial score (nSPS) is 10.1. The fraction of sp³-hybridized carbons (Fsp3) is 0.250. The van der Waals surface area contributed by atoms with Gasteiger partial charge in [-0.25, -0.2) is 9.59 Å². The van der Waals surface area contributed by atoms with Crippen LogP contribution in [-0.2, 0) is 9.47 Å². The maximum absolute atomic E-state index is 12.0. The highest BCUT2D eigenvalue weighted by molar-refractivity contribution is 7.20. The van der Waals surface area contributed by atoms with Gasteiger partial charge in [0.1, 0.15) is 5.00 Å². The number of nitrogens with one attached hydrogen (secondary N) is 1. The molecule has 0 bridgehead atoms. The van der Waals surface area contributed by atoms with Crippen molar-refractivity contribution in [2.24, 2.45) is 0 Å². The van der Waals surface area contributed by atoms with E-state index >= 15 is 0 Å². The molecule has 0 radical (unpaired) electrons. The third-order valence-corrected chi connectivity index (χ3v) is 3.88. The van der Waals surface area contributed by atoms with E-state index in [0.717, 1.165) is 10.4 Å². The Bertz CT molecular complexity index is 651. The lowest BCUT2D eigenvalue weighted by molar-refractivity contribution is 0.0528. The average Bonchev–Trinajstić information content (AvgIpc) is 2.92. The number of ether oxygens (including phenoxy) is 2. The predicted molar refractivity (Wildman–Crippen MR) is 86.4 cm³/mol. The number of anilines is 1. The van der Waals surface area contributed by atoms with Gasteiger partial charge in [0.2, 0.25) is 0 Å². The first-order valence-electron chi connectivity index (χ1n) is 6.95. The molecule has 6 heteroatoms. The van der Waals surface area contributed by atoms with Crippen molar-refractivity contribution in [1.29, 1.82) is 0 Å². The van der Waals surface area contributed by atoms with Crippen LogP contribution in [0, 0.1) is 0 Å². The number of amides is 1. The second kappa shape index (κ2) is 7.61. The Morgan fingerprint density at radius 1 is 1.09 bits per heavy atom. The summed E-state index contributed by atoms with van der Waals surface area (Å²) in [4.78, 5) is 24.5. The van der Waals surface area contributed by atoms with E-state index in [-0.39, 0.29) is 13.2 Å². The van der Waals surface area contributed by atoms with Crippen LogP contribution in [-0.4, -0.2) is 25.3 Å². The second-order valence-corrected chi connectivity index (χ2v) is 5.34. The molecule has 2 rings (SSSR count). The molecule has 0 spiro atoms. The molecule has 2 aromatic rings. The van der Waals surface area contributed by atoms with Gasteiger partial charge in [-0.05, 0) is 25.5 Å². The van der Waals surface area contributed by atoms with Crippen LogP contribution in [0.5, 0.6) is 0 Å². The molecule has 116 valence electrons. The molecule has 22 heavy (non-hydrogen) atoms. The highest BCUT2D eigenvalue weighted by Crippen LogP contribution is 2.35. The molecular formula is C16H17NO4S. The Balaban J connectivity index is 2.34. The molecule has 1 aromatic heterocycles. The minimum atomic E-state index is -0.588. The van der Waals surface area contributed by atoms with E-state index in [1.807, 2.05) is 30.3 Å². The van der Waals surface area contributed by atoms with Gasteiger partial charge in [-0.15, -0.1) is 11.3 Å². The van der Waals surface area contributed by atoms with E-state index in [4.69, 9.17) is 9.47 Å². The molecule has 0 saturated heterocycles. The van der Waals surface area contributed by atoms with Gasteiger partial charge in [0, 0.05) is 4.88 Å². The first kappa shape index (κ1) is 16.0. The van der Waals surface area contributed by atoms with Crippen molar-refractivity contribution in [2.45, 2.75) is 13.8 Å². The zero-order valence-electron chi connectivity index (χ0n) is 12.4. The van der Waals surface area contributed by atoms with Gasteiger partial charge in [-0.1, -0.05) is 30.3 Å². The molecule has 0 aliphatic heterocycles. The number of rotatable bonds is 5. The zero-order chi connectivity index (χ0) is 15.9. The number of benzene rings is 1. The lowest BCUT2D eigenvalue weighted by Crippen LogP contribution is -2.15. The lowest BCUT2D eigenvalue weighted by atomic mass is 10.1. The van der Waals surface area contributed by atoms with E-state index in [2.05, 4.69) is 5.32 Å². The van der Waals surface area contributed by atoms with Crippen molar-refractivity contribution in [3.05, 3.63) is 42.0 Å². The van der Waals surface area contributed by atoms with Crippen molar-refractivity contribution >= 4 is 28.4 Å². The number of esters is 1. The molecule has 0 saturated carbocycles. The molecular weight excluding hydrogens is 302 g/mol. The number of hydrogen-bond donors (Lipinski definition) is 1. The van der Waals surface area contributed by atoms with Gasteiger partial charge < -0.3 is 9.47 Å². The summed E-state index contributed by atoms with van der Waals surface area (Å²) in [6.07, 6.45) is -0.588. The average molecular weight is 319 g/mol. The van der Waals surface area contributed by atoms with Crippen molar-refractivity contribution in [2.75, 3.05) is 18.5 Å². The van der Waals surface area contributed by atoms with Crippen LogP contribution >= 0.6 is 11.3 Å². The third-order valence-electron chi connectivity index (χ3n) is 2.78. The summed E-state index contributed by atoms with van der Waals surface area (Å²) < 4.78 is 9.89. The summed E-state index contributed by atoms with van der Waals surface area (Å²) in [5, 5.41) is 3.02. The van der Waals surface area contributed by atoms with Crippen LogP contribution < -0.4 is 5.32 Å². The van der Waals surface area contributed by atoms with E-state index in [0.29, 0.717) is 10.6 Å². The van der Waals surface area contributed by atoms with Gasteiger partial charge in [0.25, 0.3) is 0 Å². The topological polar surface area (TPSA) is 64.6 Å². The molecule has 0 atom stereocenters. The summed E-state index contributed by atoms with van der Waals surface area (Å²) in [7, 11) is 0. The summed E-state index contributed by atoms with van der Waals surface area (Å²) in [6.45, 7) is 3.99. The number of hydrogen-bond acceptors (Lipinski definition) is 5. The number of carbonyl (C=O) groups excluding carboxylic acids is 2. The molecule has 1 aromatic carbocycles. The van der Waals surface area contributed by atoms with Crippen LogP contribution in [0.25, 0.3) is 10.4 Å². The lowest BCUT2D eigenvalue weighted by Gasteiger charge is -2.05. The number of carbonyl (C=O) groups is 2. The SMILES string of the molecule is CCOC(=O)Nc1sc(-c2ccccc2)cc1C(=O)OCC. The molecule has 0 unspecified atom stereocenters. The fourth-order valence-electron chi connectivity index (χ4n) is 1.85. The Morgan fingerprint density at radius 3 is 2.41 bits per heavy atom. The molecule has 1 amide bonds. The van der Waals surface area contributed by atoms with E-state index in [1.165, 1.54) is 11.3 Å². The first-order chi connectivity index (χ1) is 10.7. The first-order valence-corrected chi connectivity index (χ1v) is 7.77. The number of thiophene rings is 1. The van der Waals surface area contributed by atoms with Gasteiger partial charge >= 0.3 is 12.1 Å². The van der Waals surface area contributed by atoms with Crippen LogP contribution in [0.1, 0.15) is 24.2 Å². The van der Waals surface area contributed by atoms with Gasteiger partial charge in [0.05, 0.1) is 18.8 Å². The summed E-state index contributed by atoms with van der Waals surface area (Å²) in [6, 6.07) is 11.3. The maximum atomic E-state index is 12.0.